The molecule has 0 amide bonds. The molecular formula is C21H22N2O6S. The predicted octanol–water partition coefficient (Wildman–Crippen LogP) is 3.33. The summed E-state index contributed by atoms with van der Waals surface area (Å²) in [6, 6.07) is 13.1. The predicted molar refractivity (Wildman–Crippen MR) is 111 cm³/mol. The molecule has 9 heteroatoms. The molecule has 0 fully saturated rings. The summed E-state index contributed by atoms with van der Waals surface area (Å²) in [4.78, 5) is 23.4. The average Bonchev–Trinajstić information content (AvgIpc) is 3.07. The standard InChI is InChI=1S/C21H22N2O6S/c1-4-29-20(24)21(3,23(25)26)13-16-14-22(19-8-6-5-7-18(16)19)30(27,28)17-11-9-15(2)10-12-17/h5-12,14H,4,13H2,1-3H3. The molecule has 0 saturated carbocycles. The van der Waals surface area contributed by atoms with Crippen molar-refractivity contribution in [2.24, 2.45) is 0 Å². The van der Waals surface area contributed by atoms with Gasteiger partial charge in [0, 0.05) is 23.4 Å². The zero-order valence-corrected chi connectivity index (χ0v) is 17.7. The van der Waals surface area contributed by atoms with E-state index < -0.39 is 26.5 Å². The molecule has 1 atom stereocenters. The number of fused-ring (bicyclic) bond motifs is 1. The van der Waals surface area contributed by atoms with Crippen LogP contribution in [0.5, 0.6) is 0 Å². The minimum Gasteiger partial charge on any atom is -0.461 e. The zero-order valence-electron chi connectivity index (χ0n) is 16.9. The van der Waals surface area contributed by atoms with Gasteiger partial charge in [-0.1, -0.05) is 35.9 Å². The van der Waals surface area contributed by atoms with E-state index in [1.54, 1.807) is 43.3 Å². The van der Waals surface area contributed by atoms with Crippen LogP contribution in [0.4, 0.5) is 0 Å². The van der Waals surface area contributed by atoms with Crippen LogP contribution in [-0.4, -0.2) is 35.4 Å². The normalized spacial score (nSPS) is 13.7. The number of aromatic nitrogens is 1. The highest BCUT2D eigenvalue weighted by Crippen LogP contribution is 2.30. The first kappa shape index (κ1) is 21.5. The Balaban J connectivity index is 2.16. The van der Waals surface area contributed by atoms with Crippen LogP contribution in [0, 0.1) is 17.0 Å². The molecule has 0 saturated heterocycles. The van der Waals surface area contributed by atoms with Crippen LogP contribution in [0.1, 0.15) is 25.0 Å². The van der Waals surface area contributed by atoms with Crippen LogP contribution in [0.15, 0.2) is 59.6 Å². The van der Waals surface area contributed by atoms with Gasteiger partial charge in [0.15, 0.2) is 0 Å². The first-order valence-corrected chi connectivity index (χ1v) is 10.8. The maximum Gasteiger partial charge on any atom is 0.384 e. The number of rotatable bonds is 7. The van der Waals surface area contributed by atoms with E-state index in [0.717, 1.165) is 9.54 Å². The SMILES string of the molecule is CCOC(=O)C(C)(Cc1cn(S(=O)(=O)c2ccc(C)cc2)c2ccccc12)[N+](=O)[O-]. The second kappa shape index (κ2) is 7.91. The molecule has 2 aromatic carbocycles. The Bertz CT molecular complexity index is 1210. The van der Waals surface area contributed by atoms with Crippen LogP contribution < -0.4 is 0 Å². The van der Waals surface area contributed by atoms with Crippen molar-refractivity contribution in [2.45, 2.75) is 37.6 Å². The molecule has 0 spiro atoms. The number of carbonyl (C=O) groups excluding carboxylic acids is 1. The summed E-state index contributed by atoms with van der Waals surface area (Å²) in [5.41, 5.74) is -0.377. The van der Waals surface area contributed by atoms with Crippen molar-refractivity contribution in [3.8, 4) is 0 Å². The van der Waals surface area contributed by atoms with Crippen molar-refractivity contribution in [3.63, 3.8) is 0 Å². The van der Waals surface area contributed by atoms with Gasteiger partial charge in [-0.25, -0.2) is 17.2 Å². The van der Waals surface area contributed by atoms with E-state index in [2.05, 4.69) is 0 Å². The third-order valence-electron chi connectivity index (χ3n) is 4.99. The summed E-state index contributed by atoms with van der Waals surface area (Å²) < 4.78 is 32.5. The molecule has 30 heavy (non-hydrogen) atoms. The molecule has 0 radical (unpaired) electrons. The van der Waals surface area contributed by atoms with Crippen LogP contribution in [0.2, 0.25) is 0 Å². The zero-order chi connectivity index (χ0) is 22.1. The summed E-state index contributed by atoms with van der Waals surface area (Å²) >= 11 is 0. The number of nitrogens with zero attached hydrogens (tertiary/aromatic N) is 2. The number of esters is 1. The topological polar surface area (TPSA) is 109 Å². The molecule has 1 unspecified atom stereocenters. The number of ether oxygens (including phenoxy) is 1. The number of carbonyl (C=O) groups is 1. The van der Waals surface area contributed by atoms with Crippen LogP contribution >= 0.6 is 0 Å². The number of benzene rings is 2. The van der Waals surface area contributed by atoms with Crippen LogP contribution in [0.3, 0.4) is 0 Å². The van der Waals surface area contributed by atoms with Crippen LogP contribution in [0.25, 0.3) is 10.9 Å². The Morgan fingerprint density at radius 2 is 1.80 bits per heavy atom. The lowest BCUT2D eigenvalue weighted by Gasteiger charge is -2.18. The molecule has 0 aliphatic carbocycles. The fourth-order valence-corrected chi connectivity index (χ4v) is 4.64. The minimum absolute atomic E-state index is 0.00578. The van der Waals surface area contributed by atoms with E-state index in [0.29, 0.717) is 16.5 Å². The van der Waals surface area contributed by atoms with Crippen molar-refractivity contribution >= 4 is 26.9 Å². The number of hydrogen-bond acceptors (Lipinski definition) is 6. The van der Waals surface area contributed by atoms with Gasteiger partial charge in [0.05, 0.1) is 23.4 Å². The first-order valence-electron chi connectivity index (χ1n) is 9.34. The van der Waals surface area contributed by atoms with E-state index in [9.17, 15) is 23.3 Å². The van der Waals surface area contributed by atoms with E-state index in [1.165, 1.54) is 25.3 Å². The summed E-state index contributed by atoms with van der Waals surface area (Å²) in [5, 5.41) is 12.2. The fourth-order valence-electron chi connectivity index (χ4n) is 3.25. The summed E-state index contributed by atoms with van der Waals surface area (Å²) in [7, 11) is -3.94. The van der Waals surface area contributed by atoms with Crippen molar-refractivity contribution in [1.82, 2.24) is 3.97 Å². The van der Waals surface area contributed by atoms with Gasteiger partial charge in [-0.3, -0.25) is 10.1 Å². The van der Waals surface area contributed by atoms with E-state index in [4.69, 9.17) is 4.74 Å². The number of hydrogen-bond donors (Lipinski definition) is 0. The molecule has 0 bridgehead atoms. The Kier molecular flexibility index (Phi) is 5.67. The minimum atomic E-state index is -3.94. The highest BCUT2D eigenvalue weighted by molar-refractivity contribution is 7.90. The van der Waals surface area contributed by atoms with Gasteiger partial charge in [-0.15, -0.1) is 0 Å². The Labute approximate surface area is 174 Å². The summed E-state index contributed by atoms with van der Waals surface area (Å²) in [5.74, 6) is -0.965. The van der Waals surface area contributed by atoms with Crippen molar-refractivity contribution in [2.75, 3.05) is 6.61 Å². The lowest BCUT2D eigenvalue weighted by molar-refractivity contribution is -0.550. The third kappa shape index (κ3) is 3.68. The lowest BCUT2D eigenvalue weighted by Crippen LogP contribution is -2.46. The van der Waals surface area contributed by atoms with Crippen molar-refractivity contribution in [3.05, 3.63) is 76.0 Å². The molecule has 8 nitrogen and oxygen atoms in total. The molecular weight excluding hydrogens is 408 g/mol. The molecule has 1 heterocycles. The lowest BCUT2D eigenvalue weighted by atomic mass is 9.93. The van der Waals surface area contributed by atoms with Gasteiger partial charge in [0.25, 0.3) is 10.0 Å². The molecule has 3 aromatic rings. The maximum atomic E-state index is 13.2. The largest absolute Gasteiger partial charge is 0.461 e. The maximum absolute atomic E-state index is 13.2. The second-order valence-electron chi connectivity index (χ2n) is 7.21. The summed E-state index contributed by atoms with van der Waals surface area (Å²) in [6.45, 7) is 4.61. The van der Waals surface area contributed by atoms with Gasteiger partial charge in [0.1, 0.15) is 0 Å². The molecule has 0 N–H and O–H groups in total. The molecule has 0 aliphatic heterocycles. The fraction of sp³-hybridized carbons (Fsp3) is 0.286. The highest BCUT2D eigenvalue weighted by atomic mass is 32.2. The number of aryl methyl sites for hydroxylation is 1. The van der Waals surface area contributed by atoms with Crippen molar-refractivity contribution < 1.29 is 22.9 Å². The smallest absolute Gasteiger partial charge is 0.384 e. The quantitative estimate of drug-likeness (QED) is 0.323. The molecule has 3 rings (SSSR count). The van der Waals surface area contributed by atoms with Gasteiger partial charge < -0.3 is 4.74 Å². The third-order valence-corrected chi connectivity index (χ3v) is 6.68. The first-order chi connectivity index (χ1) is 14.1. The number of para-hydroxylation sites is 1. The Morgan fingerprint density at radius 3 is 2.40 bits per heavy atom. The molecule has 1 aromatic heterocycles. The Hall–Kier alpha value is -3.20. The van der Waals surface area contributed by atoms with Gasteiger partial charge in [-0.05, 0) is 37.6 Å². The highest BCUT2D eigenvalue weighted by Gasteiger charge is 2.48. The van der Waals surface area contributed by atoms with Gasteiger partial charge >= 0.3 is 11.5 Å². The molecule has 0 aliphatic rings. The average molecular weight is 430 g/mol. The van der Waals surface area contributed by atoms with E-state index in [-0.39, 0.29) is 17.9 Å². The van der Waals surface area contributed by atoms with Gasteiger partial charge in [0.2, 0.25) is 0 Å². The van der Waals surface area contributed by atoms with E-state index in [1.807, 2.05) is 6.92 Å². The Morgan fingerprint density at radius 1 is 1.17 bits per heavy atom. The monoisotopic (exact) mass is 430 g/mol. The van der Waals surface area contributed by atoms with Crippen molar-refractivity contribution in [1.29, 1.82) is 0 Å². The summed E-state index contributed by atoms with van der Waals surface area (Å²) in [6.07, 6.45) is 1.04. The van der Waals surface area contributed by atoms with E-state index >= 15 is 0 Å². The second-order valence-corrected chi connectivity index (χ2v) is 9.03. The van der Waals surface area contributed by atoms with Crippen LogP contribution in [-0.2, 0) is 26.0 Å². The van der Waals surface area contributed by atoms with Gasteiger partial charge in [-0.2, -0.15) is 0 Å². The molecule has 158 valence electrons. The number of nitro groups is 1.